The Hall–Kier alpha value is -2.95. The van der Waals surface area contributed by atoms with Gasteiger partial charge in [-0.25, -0.2) is 0 Å². The summed E-state index contributed by atoms with van der Waals surface area (Å²) in [5.41, 5.74) is 4.91. The van der Waals surface area contributed by atoms with Crippen LogP contribution in [0.2, 0.25) is 0 Å². The number of nitrogens with zero attached hydrogens (tertiary/aromatic N) is 2. The summed E-state index contributed by atoms with van der Waals surface area (Å²) in [6.45, 7) is 3.91. The van der Waals surface area contributed by atoms with Gasteiger partial charge in [0.1, 0.15) is 0 Å². The number of rotatable bonds is 3. The van der Waals surface area contributed by atoms with Crippen molar-refractivity contribution >= 4 is 22.5 Å². The number of carbonyl (C=O) groups is 1. The Balaban J connectivity index is 1.70. The molecule has 30 heavy (non-hydrogen) atoms. The van der Waals surface area contributed by atoms with Crippen molar-refractivity contribution in [1.29, 1.82) is 0 Å². The zero-order valence-corrected chi connectivity index (χ0v) is 18.0. The Bertz CT molecular complexity index is 1160. The summed E-state index contributed by atoms with van der Waals surface area (Å²) in [7, 11) is 1.79. The monoisotopic (exact) mass is 403 g/mol. The molecule has 0 saturated heterocycles. The number of hydrogen-bond donors (Lipinski definition) is 1. The lowest BCUT2D eigenvalue weighted by Gasteiger charge is -2.16. The number of anilines is 1. The highest BCUT2D eigenvalue weighted by Crippen LogP contribution is 2.28. The predicted molar refractivity (Wildman–Crippen MR) is 122 cm³/mol. The third kappa shape index (κ3) is 4.02. The molecule has 3 aromatic rings. The third-order valence-electron chi connectivity index (χ3n) is 6.27. The van der Waals surface area contributed by atoms with E-state index in [0.29, 0.717) is 5.56 Å². The van der Waals surface area contributed by atoms with E-state index in [9.17, 15) is 9.59 Å². The second kappa shape index (κ2) is 8.42. The quantitative estimate of drug-likeness (QED) is 0.617. The molecule has 0 atom stereocenters. The first-order valence-electron chi connectivity index (χ1n) is 10.8. The summed E-state index contributed by atoms with van der Waals surface area (Å²) in [5.74, 6) is 0.179. The first kappa shape index (κ1) is 20.3. The summed E-state index contributed by atoms with van der Waals surface area (Å²) in [5, 5.41) is 4.02. The Morgan fingerprint density at radius 3 is 2.50 bits per heavy atom. The smallest absolute Gasteiger partial charge is 0.258 e. The number of fused-ring (bicyclic) bond motifs is 1. The molecule has 2 aromatic heterocycles. The van der Waals surface area contributed by atoms with Crippen LogP contribution < -0.4 is 10.9 Å². The van der Waals surface area contributed by atoms with E-state index in [1.165, 1.54) is 12.8 Å². The van der Waals surface area contributed by atoms with Crippen LogP contribution in [0.15, 0.2) is 41.3 Å². The minimum absolute atomic E-state index is 0.0524. The number of nitrogens with one attached hydrogen (secondary N) is 1. The van der Waals surface area contributed by atoms with Crippen LogP contribution in [-0.4, -0.2) is 15.5 Å². The number of hydrogen-bond acceptors (Lipinski definition) is 3. The van der Waals surface area contributed by atoms with Gasteiger partial charge in [0.15, 0.2) is 0 Å². The minimum atomic E-state index is -0.0524. The molecule has 5 nitrogen and oxygen atoms in total. The van der Waals surface area contributed by atoms with Crippen molar-refractivity contribution in [3.63, 3.8) is 0 Å². The average Bonchev–Trinajstić information content (AvgIpc) is 3.02. The van der Waals surface area contributed by atoms with E-state index in [2.05, 4.69) is 10.3 Å². The summed E-state index contributed by atoms with van der Waals surface area (Å²) < 4.78 is 1.68. The lowest BCUT2D eigenvalue weighted by Crippen LogP contribution is -2.22. The van der Waals surface area contributed by atoms with E-state index in [0.717, 1.165) is 59.1 Å². The van der Waals surface area contributed by atoms with Gasteiger partial charge in [-0.1, -0.05) is 31.7 Å². The van der Waals surface area contributed by atoms with Gasteiger partial charge in [-0.15, -0.1) is 0 Å². The summed E-state index contributed by atoms with van der Waals surface area (Å²) in [4.78, 5) is 30.3. The molecule has 1 aliphatic carbocycles. The highest BCUT2D eigenvalue weighted by molar-refractivity contribution is 5.93. The van der Waals surface area contributed by atoms with Gasteiger partial charge >= 0.3 is 0 Å². The van der Waals surface area contributed by atoms with Gasteiger partial charge in [0.2, 0.25) is 5.91 Å². The van der Waals surface area contributed by atoms with Gasteiger partial charge < -0.3 is 9.88 Å². The Kier molecular flexibility index (Phi) is 5.71. The topological polar surface area (TPSA) is 64.0 Å². The van der Waals surface area contributed by atoms with Crippen molar-refractivity contribution in [3.8, 4) is 11.1 Å². The van der Waals surface area contributed by atoms with E-state index >= 15 is 0 Å². The molecule has 2 heterocycles. The molecule has 1 aliphatic rings. The molecule has 0 aliphatic heterocycles. The number of benzene rings is 1. The van der Waals surface area contributed by atoms with Gasteiger partial charge in [0, 0.05) is 41.5 Å². The molecule has 0 radical (unpaired) electrons. The molecule has 1 fully saturated rings. The zero-order valence-electron chi connectivity index (χ0n) is 18.0. The first-order valence-corrected chi connectivity index (χ1v) is 10.8. The largest absolute Gasteiger partial charge is 0.326 e. The average molecular weight is 404 g/mol. The van der Waals surface area contributed by atoms with Crippen molar-refractivity contribution in [1.82, 2.24) is 9.55 Å². The van der Waals surface area contributed by atoms with E-state index in [4.69, 9.17) is 0 Å². The molecule has 156 valence electrons. The third-order valence-corrected chi connectivity index (χ3v) is 6.27. The number of carbonyl (C=O) groups excluding carboxylic acids is 1. The molecule has 1 aromatic carbocycles. The van der Waals surface area contributed by atoms with E-state index in [1.807, 2.05) is 44.2 Å². The van der Waals surface area contributed by atoms with Crippen LogP contribution in [0, 0.1) is 19.8 Å². The fourth-order valence-corrected chi connectivity index (χ4v) is 4.43. The van der Waals surface area contributed by atoms with E-state index in [1.54, 1.807) is 17.8 Å². The molecule has 1 N–H and O–H groups in total. The Labute approximate surface area is 177 Å². The molecule has 5 heteroatoms. The van der Waals surface area contributed by atoms with Crippen LogP contribution >= 0.6 is 0 Å². The van der Waals surface area contributed by atoms with Crippen LogP contribution in [0.25, 0.3) is 22.0 Å². The van der Waals surface area contributed by atoms with Crippen LogP contribution in [0.5, 0.6) is 0 Å². The SMILES string of the molecule is Cc1cc2c(cn1)cc(-c1cc(NC(=O)C3CCCCCC3)ccc1C)c(=O)n2C. The van der Waals surface area contributed by atoms with Crippen LogP contribution in [0.1, 0.15) is 49.8 Å². The van der Waals surface area contributed by atoms with Crippen molar-refractivity contribution < 1.29 is 4.79 Å². The number of aryl methyl sites for hydroxylation is 3. The summed E-state index contributed by atoms with van der Waals surface area (Å²) in [6.07, 6.45) is 8.41. The molecular weight excluding hydrogens is 374 g/mol. The Morgan fingerprint density at radius 2 is 1.77 bits per heavy atom. The highest BCUT2D eigenvalue weighted by Gasteiger charge is 2.20. The number of amides is 1. The lowest BCUT2D eigenvalue weighted by molar-refractivity contribution is -0.120. The van der Waals surface area contributed by atoms with Crippen molar-refractivity contribution in [2.24, 2.45) is 13.0 Å². The van der Waals surface area contributed by atoms with Crippen LogP contribution in [0.4, 0.5) is 5.69 Å². The summed E-state index contributed by atoms with van der Waals surface area (Å²) in [6, 6.07) is 9.65. The normalized spacial score (nSPS) is 15.2. The molecular formula is C25H29N3O2. The highest BCUT2D eigenvalue weighted by atomic mass is 16.2. The van der Waals surface area contributed by atoms with E-state index < -0.39 is 0 Å². The van der Waals surface area contributed by atoms with Crippen LogP contribution in [0.3, 0.4) is 0 Å². The molecule has 0 bridgehead atoms. The van der Waals surface area contributed by atoms with Gasteiger partial charge in [-0.3, -0.25) is 14.6 Å². The molecule has 0 unspecified atom stereocenters. The minimum Gasteiger partial charge on any atom is -0.326 e. The standard InChI is InChI=1S/C25H29N3O2/c1-16-10-11-20(27-24(29)18-8-6-4-5-7-9-18)14-21(16)22-13-19-15-26-17(2)12-23(19)28(3)25(22)30/h10-15,18H,4-9H2,1-3H3,(H,27,29). The fraction of sp³-hybridized carbons (Fsp3) is 0.400. The molecule has 1 saturated carbocycles. The first-order chi connectivity index (χ1) is 14.4. The van der Waals surface area contributed by atoms with Crippen molar-refractivity contribution in [3.05, 3.63) is 58.1 Å². The maximum absolute atomic E-state index is 13.1. The van der Waals surface area contributed by atoms with E-state index in [-0.39, 0.29) is 17.4 Å². The predicted octanol–water partition coefficient (Wildman–Crippen LogP) is 5.13. The number of aromatic nitrogens is 2. The fourth-order valence-electron chi connectivity index (χ4n) is 4.43. The van der Waals surface area contributed by atoms with Gasteiger partial charge in [0.25, 0.3) is 5.56 Å². The van der Waals surface area contributed by atoms with Crippen molar-refractivity contribution in [2.45, 2.75) is 52.4 Å². The maximum Gasteiger partial charge on any atom is 0.258 e. The molecule has 1 amide bonds. The van der Waals surface area contributed by atoms with Crippen LogP contribution in [-0.2, 0) is 11.8 Å². The second-order valence-electron chi connectivity index (χ2n) is 8.51. The molecule has 4 rings (SSSR count). The molecule has 0 spiro atoms. The van der Waals surface area contributed by atoms with Gasteiger partial charge in [-0.2, -0.15) is 0 Å². The van der Waals surface area contributed by atoms with Gasteiger partial charge in [-0.05, 0) is 62.1 Å². The second-order valence-corrected chi connectivity index (χ2v) is 8.51. The lowest BCUT2D eigenvalue weighted by atomic mass is 9.98. The maximum atomic E-state index is 13.1. The zero-order chi connectivity index (χ0) is 21.3. The summed E-state index contributed by atoms with van der Waals surface area (Å²) >= 11 is 0. The van der Waals surface area contributed by atoms with Crippen molar-refractivity contribution in [2.75, 3.05) is 5.32 Å². The Morgan fingerprint density at radius 1 is 1.03 bits per heavy atom. The number of pyridine rings is 2. The van der Waals surface area contributed by atoms with Gasteiger partial charge in [0.05, 0.1) is 5.52 Å².